The Morgan fingerprint density at radius 3 is 2.67 bits per heavy atom. The Kier molecular flexibility index (Phi) is 4.33. The molecule has 98 valence electrons. The second kappa shape index (κ2) is 5.98. The molecule has 0 radical (unpaired) electrons. The predicted octanol–water partition coefficient (Wildman–Crippen LogP) is 0.826. The van der Waals surface area contributed by atoms with Gasteiger partial charge in [0.05, 0.1) is 13.5 Å². The highest BCUT2D eigenvalue weighted by atomic mass is 16.5. The Morgan fingerprint density at radius 2 is 2.06 bits per heavy atom. The number of carbonyl (C=O) groups is 1. The second-order valence-corrected chi connectivity index (χ2v) is 4.76. The number of methoxy groups -OCH3 is 1. The van der Waals surface area contributed by atoms with Crippen molar-refractivity contribution in [2.75, 3.05) is 26.8 Å². The Morgan fingerprint density at radius 1 is 1.39 bits per heavy atom. The van der Waals surface area contributed by atoms with Gasteiger partial charge in [0, 0.05) is 32.2 Å². The largest absolute Gasteiger partial charge is 0.469 e. The first kappa shape index (κ1) is 13.1. The van der Waals surface area contributed by atoms with Crippen LogP contribution in [0, 0.1) is 5.92 Å². The number of carbonyl (C=O) groups excluding carboxylic acids is 1. The van der Waals surface area contributed by atoms with Gasteiger partial charge in [0.2, 0.25) is 0 Å². The van der Waals surface area contributed by atoms with Gasteiger partial charge in [0.15, 0.2) is 0 Å². The van der Waals surface area contributed by atoms with Crippen LogP contribution in [0.4, 0.5) is 0 Å². The fourth-order valence-electron chi connectivity index (χ4n) is 2.27. The molecule has 0 bridgehead atoms. The van der Waals surface area contributed by atoms with E-state index in [0.29, 0.717) is 12.3 Å². The summed E-state index contributed by atoms with van der Waals surface area (Å²) in [6.45, 7) is 2.97. The molecule has 18 heavy (non-hydrogen) atoms. The van der Waals surface area contributed by atoms with Crippen molar-refractivity contribution in [3.05, 3.63) is 35.4 Å². The maximum Gasteiger partial charge on any atom is 0.309 e. The minimum atomic E-state index is -0.209. The summed E-state index contributed by atoms with van der Waals surface area (Å²) in [6, 6.07) is 7.94. The molecule has 0 unspecified atom stereocenters. The van der Waals surface area contributed by atoms with E-state index >= 15 is 0 Å². The number of aliphatic hydroxyl groups is 1. The lowest BCUT2D eigenvalue weighted by Gasteiger charge is -2.38. The maximum atomic E-state index is 11.3. The van der Waals surface area contributed by atoms with E-state index in [1.807, 2.05) is 24.3 Å². The highest BCUT2D eigenvalue weighted by Crippen LogP contribution is 2.20. The van der Waals surface area contributed by atoms with E-state index in [2.05, 4.69) is 4.90 Å². The molecular weight excluding hydrogens is 230 g/mol. The molecular formula is C14H19NO3. The molecule has 0 atom stereocenters. The van der Waals surface area contributed by atoms with E-state index in [4.69, 9.17) is 9.84 Å². The SMILES string of the molecule is COC(=O)Cc1ccccc1CN1CC(CO)C1. The monoisotopic (exact) mass is 249 g/mol. The number of rotatable bonds is 5. The van der Waals surface area contributed by atoms with E-state index in [-0.39, 0.29) is 12.6 Å². The molecule has 0 amide bonds. The number of aliphatic hydroxyl groups excluding tert-OH is 1. The van der Waals surface area contributed by atoms with Gasteiger partial charge in [-0.05, 0) is 11.1 Å². The van der Waals surface area contributed by atoms with Gasteiger partial charge in [-0.2, -0.15) is 0 Å². The van der Waals surface area contributed by atoms with Crippen LogP contribution in [0.25, 0.3) is 0 Å². The zero-order valence-corrected chi connectivity index (χ0v) is 10.6. The molecule has 1 aromatic carbocycles. The van der Waals surface area contributed by atoms with E-state index in [1.165, 1.54) is 12.7 Å². The van der Waals surface area contributed by atoms with Crippen LogP contribution in [0.3, 0.4) is 0 Å². The fourth-order valence-corrected chi connectivity index (χ4v) is 2.27. The summed E-state index contributed by atoms with van der Waals surface area (Å²) in [6.07, 6.45) is 0.323. The molecule has 0 aliphatic carbocycles. The molecule has 1 fully saturated rings. The van der Waals surface area contributed by atoms with Crippen molar-refractivity contribution >= 4 is 5.97 Å². The van der Waals surface area contributed by atoms with Gasteiger partial charge in [-0.1, -0.05) is 24.3 Å². The second-order valence-electron chi connectivity index (χ2n) is 4.76. The third kappa shape index (κ3) is 3.09. The Balaban J connectivity index is 1.97. The standard InChI is InChI=1S/C14H19NO3/c1-18-14(17)6-12-4-2-3-5-13(12)9-15-7-11(8-15)10-16/h2-5,11,16H,6-10H2,1H3. The van der Waals surface area contributed by atoms with Gasteiger partial charge < -0.3 is 9.84 Å². The topological polar surface area (TPSA) is 49.8 Å². The number of nitrogens with zero attached hydrogens (tertiary/aromatic N) is 1. The van der Waals surface area contributed by atoms with Gasteiger partial charge in [-0.25, -0.2) is 0 Å². The fraction of sp³-hybridized carbons (Fsp3) is 0.500. The molecule has 1 heterocycles. The number of hydrogen-bond donors (Lipinski definition) is 1. The van der Waals surface area contributed by atoms with Crippen LogP contribution in [0.1, 0.15) is 11.1 Å². The normalized spacial score (nSPS) is 16.3. The van der Waals surface area contributed by atoms with E-state index in [1.54, 1.807) is 0 Å². The van der Waals surface area contributed by atoms with Crippen LogP contribution in [0.5, 0.6) is 0 Å². The summed E-state index contributed by atoms with van der Waals surface area (Å²) >= 11 is 0. The first-order valence-corrected chi connectivity index (χ1v) is 6.19. The summed E-state index contributed by atoms with van der Waals surface area (Å²) < 4.78 is 4.70. The quantitative estimate of drug-likeness (QED) is 0.785. The predicted molar refractivity (Wildman–Crippen MR) is 68.0 cm³/mol. The van der Waals surface area contributed by atoms with E-state index < -0.39 is 0 Å². The summed E-state index contributed by atoms with van der Waals surface area (Å²) in [5, 5.41) is 8.99. The number of benzene rings is 1. The summed E-state index contributed by atoms with van der Waals surface area (Å²) in [7, 11) is 1.41. The lowest BCUT2D eigenvalue weighted by atomic mass is 9.98. The minimum Gasteiger partial charge on any atom is -0.469 e. The Hall–Kier alpha value is -1.39. The van der Waals surface area contributed by atoms with Crippen molar-refractivity contribution in [3.8, 4) is 0 Å². The molecule has 1 aromatic rings. The van der Waals surface area contributed by atoms with Crippen LogP contribution >= 0.6 is 0 Å². The molecule has 1 saturated heterocycles. The van der Waals surface area contributed by atoms with Crippen molar-refractivity contribution in [1.29, 1.82) is 0 Å². The maximum absolute atomic E-state index is 11.3. The number of likely N-dealkylation sites (tertiary alicyclic amines) is 1. The van der Waals surface area contributed by atoms with Crippen molar-refractivity contribution in [1.82, 2.24) is 4.90 Å². The lowest BCUT2D eigenvalue weighted by molar-refractivity contribution is -0.139. The molecule has 0 spiro atoms. The third-order valence-electron chi connectivity index (χ3n) is 3.37. The zero-order chi connectivity index (χ0) is 13.0. The molecule has 1 aliphatic heterocycles. The molecule has 1 N–H and O–H groups in total. The average Bonchev–Trinajstić information content (AvgIpc) is 2.34. The van der Waals surface area contributed by atoms with Crippen molar-refractivity contribution in [3.63, 3.8) is 0 Å². The molecule has 4 heteroatoms. The highest BCUT2D eigenvalue weighted by molar-refractivity contribution is 5.72. The molecule has 0 saturated carbocycles. The van der Waals surface area contributed by atoms with E-state index in [0.717, 1.165) is 25.2 Å². The van der Waals surface area contributed by atoms with Crippen molar-refractivity contribution in [2.24, 2.45) is 5.92 Å². The molecule has 2 rings (SSSR count). The lowest BCUT2D eigenvalue weighted by Crippen LogP contribution is -2.47. The average molecular weight is 249 g/mol. The van der Waals surface area contributed by atoms with Crippen LogP contribution in [-0.4, -0.2) is 42.8 Å². The third-order valence-corrected chi connectivity index (χ3v) is 3.37. The van der Waals surface area contributed by atoms with Crippen LogP contribution in [-0.2, 0) is 22.5 Å². The number of ether oxygens (including phenoxy) is 1. The Bertz CT molecular complexity index is 413. The Labute approximate surface area is 107 Å². The first-order valence-electron chi connectivity index (χ1n) is 6.19. The van der Waals surface area contributed by atoms with Gasteiger partial charge in [-0.15, -0.1) is 0 Å². The number of esters is 1. The zero-order valence-electron chi connectivity index (χ0n) is 10.6. The van der Waals surface area contributed by atoms with E-state index in [9.17, 15) is 4.79 Å². The van der Waals surface area contributed by atoms with Gasteiger partial charge in [-0.3, -0.25) is 9.69 Å². The molecule has 1 aliphatic rings. The van der Waals surface area contributed by atoms with Crippen LogP contribution in [0.2, 0.25) is 0 Å². The smallest absolute Gasteiger partial charge is 0.309 e. The van der Waals surface area contributed by atoms with Gasteiger partial charge >= 0.3 is 5.97 Å². The molecule has 4 nitrogen and oxygen atoms in total. The van der Waals surface area contributed by atoms with Crippen LogP contribution < -0.4 is 0 Å². The molecule has 0 aromatic heterocycles. The first-order chi connectivity index (χ1) is 8.72. The van der Waals surface area contributed by atoms with Gasteiger partial charge in [0.25, 0.3) is 0 Å². The summed E-state index contributed by atoms with van der Waals surface area (Å²) in [5.74, 6) is 0.206. The van der Waals surface area contributed by atoms with Crippen molar-refractivity contribution < 1.29 is 14.6 Å². The minimum absolute atomic E-state index is 0.209. The number of hydrogen-bond acceptors (Lipinski definition) is 4. The summed E-state index contributed by atoms with van der Waals surface area (Å²) in [4.78, 5) is 13.6. The summed E-state index contributed by atoms with van der Waals surface area (Å²) in [5.41, 5.74) is 2.19. The van der Waals surface area contributed by atoms with Crippen molar-refractivity contribution in [2.45, 2.75) is 13.0 Å². The highest BCUT2D eigenvalue weighted by Gasteiger charge is 2.26. The van der Waals surface area contributed by atoms with Gasteiger partial charge in [0.1, 0.15) is 0 Å². The van der Waals surface area contributed by atoms with Crippen LogP contribution in [0.15, 0.2) is 24.3 Å².